The van der Waals surface area contributed by atoms with Crippen molar-refractivity contribution < 1.29 is 19.4 Å². The molecule has 0 aliphatic heterocycles. The van der Waals surface area contributed by atoms with Gasteiger partial charge in [-0.15, -0.1) is 0 Å². The standard InChI is InChI=1S/C32H30N2O4S/c1-19-28(33-31(37)38-20(2)21-7-4-3-5-8-21)29(39-34-19)27-16-15-24(25-9-6-10-26(25)27)22-11-13-23(14-12-22)32(17-18-32)30(35)36/h3-5,7-8,11-16,20H,6,9-10,17-18H2,1-2H3,(H,33,37)(H,35,36). The van der Waals surface area contributed by atoms with Crippen molar-refractivity contribution in [2.75, 3.05) is 5.32 Å². The number of benzene rings is 3. The molecule has 1 unspecified atom stereocenters. The van der Waals surface area contributed by atoms with Gasteiger partial charge >= 0.3 is 12.1 Å². The second kappa shape index (κ2) is 9.97. The van der Waals surface area contributed by atoms with Gasteiger partial charge < -0.3 is 9.84 Å². The summed E-state index contributed by atoms with van der Waals surface area (Å²) in [6.07, 6.45) is 3.54. The van der Waals surface area contributed by atoms with Crippen LogP contribution in [0.1, 0.15) is 60.2 Å². The minimum absolute atomic E-state index is 0.373. The number of nitrogens with one attached hydrogen (secondary N) is 1. The van der Waals surface area contributed by atoms with E-state index in [1.807, 2.05) is 56.3 Å². The lowest BCUT2D eigenvalue weighted by Crippen LogP contribution is -2.19. The lowest BCUT2D eigenvalue weighted by molar-refractivity contribution is -0.140. The fourth-order valence-corrected chi connectivity index (χ4v) is 6.59. The third-order valence-electron chi connectivity index (χ3n) is 8.08. The number of anilines is 1. The van der Waals surface area contributed by atoms with E-state index in [4.69, 9.17) is 4.74 Å². The number of rotatable bonds is 7. The van der Waals surface area contributed by atoms with E-state index in [9.17, 15) is 14.7 Å². The smallest absolute Gasteiger partial charge is 0.412 e. The van der Waals surface area contributed by atoms with Gasteiger partial charge in [0.2, 0.25) is 0 Å². The predicted octanol–water partition coefficient (Wildman–Crippen LogP) is 7.70. The van der Waals surface area contributed by atoms with Gasteiger partial charge in [-0.1, -0.05) is 66.7 Å². The minimum Gasteiger partial charge on any atom is -0.481 e. The number of carbonyl (C=O) groups is 2. The van der Waals surface area contributed by atoms with Crippen LogP contribution >= 0.6 is 11.5 Å². The van der Waals surface area contributed by atoms with Gasteiger partial charge in [0, 0.05) is 0 Å². The van der Waals surface area contributed by atoms with Crippen molar-refractivity contribution in [1.82, 2.24) is 4.37 Å². The Hall–Kier alpha value is -3.97. The average Bonchev–Trinajstić information content (AvgIpc) is 3.49. The Labute approximate surface area is 231 Å². The molecule has 3 aromatic carbocycles. The van der Waals surface area contributed by atoms with Crippen LogP contribution in [0.5, 0.6) is 0 Å². The first-order valence-corrected chi connectivity index (χ1v) is 14.1. The molecule has 6 nitrogen and oxygen atoms in total. The molecule has 7 heteroatoms. The molecule has 1 fully saturated rings. The lowest BCUT2D eigenvalue weighted by atomic mass is 9.90. The van der Waals surface area contributed by atoms with Crippen LogP contribution in [0, 0.1) is 6.92 Å². The summed E-state index contributed by atoms with van der Waals surface area (Å²) in [6, 6.07) is 22.0. The topological polar surface area (TPSA) is 88.5 Å². The molecule has 6 rings (SSSR count). The first-order valence-electron chi connectivity index (χ1n) is 13.4. The molecular formula is C32H30N2O4S. The highest BCUT2D eigenvalue weighted by atomic mass is 32.1. The van der Waals surface area contributed by atoms with E-state index in [1.54, 1.807) is 0 Å². The van der Waals surface area contributed by atoms with Crippen LogP contribution in [0.15, 0.2) is 66.7 Å². The van der Waals surface area contributed by atoms with Crippen molar-refractivity contribution in [3.8, 4) is 21.6 Å². The number of carboxylic acids is 1. The Morgan fingerprint density at radius 3 is 2.31 bits per heavy atom. The summed E-state index contributed by atoms with van der Waals surface area (Å²) in [5.41, 5.74) is 8.57. The molecule has 2 aliphatic carbocycles. The van der Waals surface area contributed by atoms with E-state index >= 15 is 0 Å². The molecule has 1 amide bonds. The van der Waals surface area contributed by atoms with Crippen molar-refractivity contribution in [2.24, 2.45) is 0 Å². The zero-order valence-corrected chi connectivity index (χ0v) is 22.8. The summed E-state index contributed by atoms with van der Waals surface area (Å²) in [7, 11) is 0. The molecule has 0 saturated heterocycles. The number of ether oxygens (including phenoxy) is 1. The molecule has 1 aromatic heterocycles. The third kappa shape index (κ3) is 4.61. The van der Waals surface area contributed by atoms with Crippen molar-refractivity contribution >= 4 is 29.3 Å². The van der Waals surface area contributed by atoms with Crippen LogP contribution in [0.25, 0.3) is 21.6 Å². The Kier molecular flexibility index (Phi) is 6.47. The van der Waals surface area contributed by atoms with Crippen LogP contribution in [-0.4, -0.2) is 21.5 Å². The minimum atomic E-state index is -0.733. The van der Waals surface area contributed by atoms with Crippen LogP contribution in [0.2, 0.25) is 0 Å². The number of aliphatic carboxylic acids is 1. The highest BCUT2D eigenvalue weighted by molar-refractivity contribution is 7.10. The van der Waals surface area contributed by atoms with Crippen molar-refractivity contribution in [3.05, 3.63) is 94.7 Å². The number of hydrogen-bond acceptors (Lipinski definition) is 5. The molecular weight excluding hydrogens is 508 g/mol. The van der Waals surface area contributed by atoms with Gasteiger partial charge in [-0.05, 0) is 96.4 Å². The first-order chi connectivity index (χ1) is 18.9. The van der Waals surface area contributed by atoms with Gasteiger partial charge in [-0.25, -0.2) is 4.79 Å². The Bertz CT molecular complexity index is 1560. The van der Waals surface area contributed by atoms with Gasteiger partial charge in [-0.3, -0.25) is 10.1 Å². The number of fused-ring (bicyclic) bond motifs is 1. The van der Waals surface area contributed by atoms with Gasteiger partial charge in [-0.2, -0.15) is 4.37 Å². The average molecular weight is 539 g/mol. The van der Waals surface area contributed by atoms with E-state index in [2.05, 4.69) is 34.0 Å². The third-order valence-corrected chi connectivity index (χ3v) is 9.05. The van der Waals surface area contributed by atoms with Crippen molar-refractivity contribution in [2.45, 2.75) is 57.5 Å². The van der Waals surface area contributed by atoms with E-state index in [1.165, 1.54) is 28.2 Å². The second-order valence-corrected chi connectivity index (χ2v) is 11.3. The summed E-state index contributed by atoms with van der Waals surface area (Å²) < 4.78 is 10.2. The second-order valence-electron chi connectivity index (χ2n) is 10.5. The Morgan fingerprint density at radius 2 is 1.64 bits per heavy atom. The summed E-state index contributed by atoms with van der Waals surface area (Å²) in [5, 5.41) is 12.6. The first kappa shape index (κ1) is 25.3. The molecule has 0 spiro atoms. The maximum Gasteiger partial charge on any atom is 0.412 e. The number of aromatic nitrogens is 1. The van der Waals surface area contributed by atoms with Gasteiger partial charge in [0.05, 0.1) is 21.7 Å². The maximum absolute atomic E-state index is 12.9. The van der Waals surface area contributed by atoms with E-state index < -0.39 is 17.5 Å². The molecule has 39 heavy (non-hydrogen) atoms. The number of carbonyl (C=O) groups excluding carboxylic acids is 1. The molecule has 1 atom stereocenters. The molecule has 0 radical (unpaired) electrons. The van der Waals surface area contributed by atoms with Crippen LogP contribution < -0.4 is 5.32 Å². The predicted molar refractivity (Wildman–Crippen MR) is 153 cm³/mol. The Balaban J connectivity index is 1.27. The lowest BCUT2D eigenvalue weighted by Gasteiger charge is -2.17. The summed E-state index contributed by atoms with van der Waals surface area (Å²) >= 11 is 1.39. The fraction of sp³-hybridized carbons (Fsp3) is 0.281. The molecule has 4 aromatic rings. The Morgan fingerprint density at radius 1 is 0.974 bits per heavy atom. The van der Waals surface area contributed by atoms with Gasteiger partial charge in [0.25, 0.3) is 0 Å². The number of aryl methyl sites for hydroxylation is 1. The summed E-state index contributed by atoms with van der Waals surface area (Å²) in [4.78, 5) is 25.5. The maximum atomic E-state index is 12.9. The van der Waals surface area contributed by atoms with Crippen LogP contribution in [0.3, 0.4) is 0 Å². The largest absolute Gasteiger partial charge is 0.481 e. The van der Waals surface area contributed by atoms with Crippen molar-refractivity contribution in [3.63, 3.8) is 0 Å². The fourth-order valence-electron chi connectivity index (χ4n) is 5.69. The molecule has 2 aliphatic rings. The molecule has 2 N–H and O–H groups in total. The van der Waals surface area contributed by atoms with E-state index in [0.29, 0.717) is 18.5 Å². The molecule has 1 heterocycles. The highest BCUT2D eigenvalue weighted by Gasteiger charge is 2.51. The van der Waals surface area contributed by atoms with Gasteiger partial charge in [0.1, 0.15) is 6.10 Å². The monoisotopic (exact) mass is 538 g/mol. The molecule has 1 saturated carbocycles. The highest BCUT2D eigenvalue weighted by Crippen LogP contribution is 2.49. The van der Waals surface area contributed by atoms with Crippen molar-refractivity contribution in [1.29, 1.82) is 0 Å². The number of amides is 1. The van der Waals surface area contributed by atoms with Crippen LogP contribution in [0.4, 0.5) is 10.5 Å². The van der Waals surface area contributed by atoms with E-state index in [0.717, 1.165) is 52.1 Å². The SMILES string of the molecule is Cc1nsc(-c2ccc(-c3ccc(C4(C(=O)O)CC4)cc3)c3c2CCC3)c1NC(=O)OC(C)c1ccccc1. The van der Waals surface area contributed by atoms with Gasteiger partial charge in [0.15, 0.2) is 0 Å². The summed E-state index contributed by atoms with van der Waals surface area (Å²) in [5.74, 6) is -0.733. The van der Waals surface area contributed by atoms with Crippen LogP contribution in [-0.2, 0) is 27.8 Å². The zero-order valence-electron chi connectivity index (χ0n) is 22.0. The van der Waals surface area contributed by atoms with E-state index in [-0.39, 0.29) is 6.10 Å². The quantitative estimate of drug-likeness (QED) is 0.252. The molecule has 198 valence electrons. The molecule has 0 bridgehead atoms. The summed E-state index contributed by atoms with van der Waals surface area (Å²) in [6.45, 7) is 3.76. The zero-order chi connectivity index (χ0) is 27.1. The normalized spacial score (nSPS) is 15.8. The number of nitrogens with zero attached hydrogens (tertiary/aromatic N) is 1. The number of hydrogen-bond donors (Lipinski definition) is 2. The number of carboxylic acid groups (broad SMARTS) is 1.